The molecule has 0 bridgehead atoms. The van der Waals surface area contributed by atoms with Crippen molar-refractivity contribution >= 4 is 11.8 Å². The van der Waals surface area contributed by atoms with E-state index in [2.05, 4.69) is 11.6 Å². The summed E-state index contributed by atoms with van der Waals surface area (Å²) in [5.74, 6) is 0.375. The van der Waals surface area contributed by atoms with Crippen LogP contribution >= 0.6 is 11.8 Å². The molecule has 3 atom stereocenters. The molecule has 2 nitrogen and oxygen atoms in total. The zero-order valence-electron chi connectivity index (χ0n) is 12.5. The SMILES string of the molecule is COc1ccc(C(C)NC2CCCC(SC)C2)c(F)c1. The quantitative estimate of drug-likeness (QED) is 0.882. The number of hydrogen-bond acceptors (Lipinski definition) is 3. The van der Waals surface area contributed by atoms with E-state index in [1.807, 2.05) is 30.8 Å². The van der Waals surface area contributed by atoms with Gasteiger partial charge in [0, 0.05) is 29.0 Å². The third kappa shape index (κ3) is 3.89. The monoisotopic (exact) mass is 297 g/mol. The van der Waals surface area contributed by atoms with Crippen LogP contribution in [0.4, 0.5) is 4.39 Å². The van der Waals surface area contributed by atoms with Gasteiger partial charge in [-0.05, 0) is 38.5 Å². The van der Waals surface area contributed by atoms with Gasteiger partial charge in [0.15, 0.2) is 0 Å². The Kier molecular flexibility index (Phi) is 5.73. The lowest BCUT2D eigenvalue weighted by Gasteiger charge is -2.31. The molecule has 0 amide bonds. The first kappa shape index (κ1) is 15.6. The predicted octanol–water partition coefficient (Wildman–Crippen LogP) is 4.16. The molecule has 1 aromatic carbocycles. The molecule has 1 aliphatic carbocycles. The zero-order chi connectivity index (χ0) is 14.5. The molecule has 3 unspecified atom stereocenters. The molecule has 112 valence electrons. The van der Waals surface area contributed by atoms with Crippen molar-refractivity contribution in [1.82, 2.24) is 5.32 Å². The Balaban J connectivity index is 1.99. The van der Waals surface area contributed by atoms with E-state index in [-0.39, 0.29) is 11.9 Å². The van der Waals surface area contributed by atoms with Crippen LogP contribution in [-0.2, 0) is 0 Å². The molecule has 1 aromatic rings. The molecular weight excluding hydrogens is 273 g/mol. The molecule has 2 rings (SSSR count). The first-order chi connectivity index (χ1) is 9.63. The van der Waals surface area contributed by atoms with Crippen LogP contribution in [0.5, 0.6) is 5.75 Å². The van der Waals surface area contributed by atoms with Crippen molar-refractivity contribution in [1.29, 1.82) is 0 Å². The summed E-state index contributed by atoms with van der Waals surface area (Å²) in [4.78, 5) is 0. The van der Waals surface area contributed by atoms with Crippen LogP contribution in [0.3, 0.4) is 0 Å². The molecule has 0 aliphatic heterocycles. The van der Waals surface area contributed by atoms with Crippen molar-refractivity contribution in [3.8, 4) is 5.75 Å². The highest BCUT2D eigenvalue weighted by molar-refractivity contribution is 7.99. The summed E-state index contributed by atoms with van der Waals surface area (Å²) >= 11 is 1.95. The van der Waals surface area contributed by atoms with E-state index in [1.54, 1.807) is 7.11 Å². The molecule has 20 heavy (non-hydrogen) atoms. The van der Waals surface area contributed by atoms with Crippen LogP contribution in [0.25, 0.3) is 0 Å². The highest BCUT2D eigenvalue weighted by Crippen LogP contribution is 2.29. The van der Waals surface area contributed by atoms with Crippen LogP contribution in [0.2, 0.25) is 0 Å². The lowest BCUT2D eigenvalue weighted by Crippen LogP contribution is -2.36. The van der Waals surface area contributed by atoms with Crippen LogP contribution in [-0.4, -0.2) is 24.7 Å². The van der Waals surface area contributed by atoms with Crippen molar-refractivity contribution < 1.29 is 9.13 Å². The van der Waals surface area contributed by atoms with E-state index >= 15 is 0 Å². The lowest BCUT2D eigenvalue weighted by atomic mass is 9.93. The van der Waals surface area contributed by atoms with E-state index in [0.717, 1.165) is 10.8 Å². The van der Waals surface area contributed by atoms with Crippen molar-refractivity contribution in [3.05, 3.63) is 29.6 Å². The molecular formula is C16H24FNOS. The molecule has 1 N–H and O–H groups in total. The van der Waals surface area contributed by atoms with Gasteiger partial charge in [-0.1, -0.05) is 12.5 Å². The average Bonchev–Trinajstić information content (AvgIpc) is 2.47. The lowest BCUT2D eigenvalue weighted by molar-refractivity contribution is 0.348. The number of hydrogen-bond donors (Lipinski definition) is 1. The van der Waals surface area contributed by atoms with Crippen LogP contribution in [0, 0.1) is 5.82 Å². The van der Waals surface area contributed by atoms with Gasteiger partial charge >= 0.3 is 0 Å². The number of nitrogens with one attached hydrogen (secondary N) is 1. The maximum atomic E-state index is 14.1. The molecule has 0 saturated heterocycles. The topological polar surface area (TPSA) is 21.3 Å². The van der Waals surface area contributed by atoms with Crippen molar-refractivity contribution in [3.63, 3.8) is 0 Å². The Labute approximate surface area is 125 Å². The van der Waals surface area contributed by atoms with Gasteiger partial charge in [0.1, 0.15) is 11.6 Å². The Bertz CT molecular complexity index is 440. The number of halogens is 1. The number of ether oxygens (including phenoxy) is 1. The summed E-state index contributed by atoms with van der Waals surface area (Å²) < 4.78 is 19.1. The third-order valence-electron chi connectivity index (χ3n) is 4.12. The van der Waals surface area contributed by atoms with Crippen molar-refractivity contribution in [2.45, 2.75) is 49.9 Å². The fourth-order valence-electron chi connectivity index (χ4n) is 2.94. The van der Waals surface area contributed by atoms with Gasteiger partial charge in [-0.2, -0.15) is 11.8 Å². The Morgan fingerprint density at radius 1 is 1.40 bits per heavy atom. The minimum Gasteiger partial charge on any atom is -0.497 e. The third-order valence-corrected chi connectivity index (χ3v) is 5.21. The van der Waals surface area contributed by atoms with Crippen LogP contribution in [0.15, 0.2) is 18.2 Å². The second kappa shape index (κ2) is 7.32. The minimum atomic E-state index is -0.193. The second-order valence-corrected chi connectivity index (χ2v) is 6.64. The molecule has 0 spiro atoms. The molecule has 4 heteroatoms. The normalized spacial score (nSPS) is 24.4. The maximum absolute atomic E-state index is 14.1. The molecule has 1 fully saturated rings. The summed E-state index contributed by atoms with van der Waals surface area (Å²) in [6, 6.07) is 5.63. The summed E-state index contributed by atoms with van der Waals surface area (Å²) in [5, 5.41) is 4.33. The summed E-state index contributed by atoms with van der Waals surface area (Å²) in [7, 11) is 1.56. The number of methoxy groups -OCH3 is 1. The fourth-order valence-corrected chi connectivity index (χ4v) is 3.77. The van der Waals surface area contributed by atoms with Crippen LogP contribution < -0.4 is 10.1 Å². The van der Waals surface area contributed by atoms with Crippen LogP contribution in [0.1, 0.15) is 44.2 Å². The standard InChI is InChI=1S/C16H24FNOS/c1-11(15-8-7-13(19-2)10-16(15)17)18-12-5-4-6-14(9-12)20-3/h7-8,10-12,14,18H,4-6,9H2,1-3H3. The maximum Gasteiger partial charge on any atom is 0.131 e. The Morgan fingerprint density at radius 3 is 2.85 bits per heavy atom. The first-order valence-electron chi connectivity index (χ1n) is 7.26. The Hall–Kier alpha value is -0.740. The summed E-state index contributed by atoms with van der Waals surface area (Å²) in [6.45, 7) is 2.04. The van der Waals surface area contributed by atoms with Gasteiger partial charge in [-0.25, -0.2) is 4.39 Å². The van der Waals surface area contributed by atoms with Gasteiger partial charge < -0.3 is 10.1 Å². The van der Waals surface area contributed by atoms with Gasteiger partial charge in [0.05, 0.1) is 7.11 Å². The van der Waals surface area contributed by atoms with Gasteiger partial charge in [-0.15, -0.1) is 0 Å². The number of thioether (sulfide) groups is 1. The van der Waals surface area contributed by atoms with E-state index in [9.17, 15) is 4.39 Å². The highest BCUT2D eigenvalue weighted by atomic mass is 32.2. The van der Waals surface area contributed by atoms with Gasteiger partial charge in [0.2, 0.25) is 0 Å². The molecule has 1 aliphatic rings. The fraction of sp³-hybridized carbons (Fsp3) is 0.625. The minimum absolute atomic E-state index is 0.0338. The zero-order valence-corrected chi connectivity index (χ0v) is 13.3. The van der Waals surface area contributed by atoms with Crippen molar-refractivity contribution in [2.24, 2.45) is 0 Å². The Morgan fingerprint density at radius 2 is 2.20 bits per heavy atom. The smallest absolute Gasteiger partial charge is 0.131 e. The number of rotatable bonds is 5. The van der Waals surface area contributed by atoms with Crippen molar-refractivity contribution in [2.75, 3.05) is 13.4 Å². The van der Waals surface area contributed by atoms with Gasteiger partial charge in [0.25, 0.3) is 0 Å². The molecule has 0 heterocycles. The van der Waals surface area contributed by atoms with Gasteiger partial charge in [-0.3, -0.25) is 0 Å². The molecule has 1 saturated carbocycles. The van der Waals surface area contributed by atoms with E-state index < -0.39 is 0 Å². The molecule has 0 radical (unpaired) electrons. The average molecular weight is 297 g/mol. The largest absolute Gasteiger partial charge is 0.497 e. The predicted molar refractivity (Wildman–Crippen MR) is 84.1 cm³/mol. The van der Waals surface area contributed by atoms with E-state index in [1.165, 1.54) is 31.7 Å². The second-order valence-electron chi connectivity index (χ2n) is 5.50. The first-order valence-corrected chi connectivity index (χ1v) is 8.55. The highest BCUT2D eigenvalue weighted by Gasteiger charge is 2.23. The van der Waals surface area contributed by atoms with E-state index in [0.29, 0.717) is 11.8 Å². The summed E-state index contributed by atoms with van der Waals surface area (Å²) in [5.41, 5.74) is 0.720. The number of benzene rings is 1. The summed E-state index contributed by atoms with van der Waals surface area (Å²) in [6.07, 6.45) is 7.13. The molecule has 0 aromatic heterocycles. The van der Waals surface area contributed by atoms with E-state index in [4.69, 9.17) is 4.74 Å².